The van der Waals surface area contributed by atoms with E-state index in [2.05, 4.69) is 40.6 Å². The van der Waals surface area contributed by atoms with E-state index < -0.39 is 0 Å². The van der Waals surface area contributed by atoms with Crippen LogP contribution in [0.25, 0.3) is 5.69 Å². The topological polar surface area (TPSA) is 71.8 Å². The Hall–Kier alpha value is -2.21. The normalized spacial score (nSPS) is 11.0. The molecule has 0 saturated carbocycles. The summed E-state index contributed by atoms with van der Waals surface area (Å²) in [5, 5.41) is 10.3. The molecule has 2 rings (SSSR count). The number of aromatic nitrogens is 3. The molecule has 0 radical (unpaired) electrons. The van der Waals surface area contributed by atoms with E-state index in [9.17, 15) is 4.79 Å². The van der Waals surface area contributed by atoms with Crippen LogP contribution in [0.1, 0.15) is 48.2 Å². The fourth-order valence-corrected chi connectivity index (χ4v) is 2.43. The van der Waals surface area contributed by atoms with Crippen molar-refractivity contribution in [3.8, 4) is 5.69 Å². The van der Waals surface area contributed by atoms with Gasteiger partial charge in [0, 0.05) is 6.54 Å². The molecule has 0 saturated heterocycles. The van der Waals surface area contributed by atoms with Crippen LogP contribution < -0.4 is 10.6 Å². The SMILES string of the molecule is CNCCCNC(=O)c1nc(C)n(-c2ccccc2C(C)C)n1. The van der Waals surface area contributed by atoms with Crippen molar-refractivity contribution in [1.82, 2.24) is 25.4 Å². The molecule has 0 bridgehead atoms. The maximum absolute atomic E-state index is 12.2. The molecule has 1 aromatic carbocycles. The Kier molecular flexibility index (Phi) is 5.87. The molecule has 6 heteroatoms. The van der Waals surface area contributed by atoms with Crippen LogP contribution in [0.5, 0.6) is 0 Å². The Balaban J connectivity index is 2.20. The van der Waals surface area contributed by atoms with Gasteiger partial charge in [-0.25, -0.2) is 9.67 Å². The summed E-state index contributed by atoms with van der Waals surface area (Å²) in [4.78, 5) is 16.5. The first kappa shape index (κ1) is 17.1. The van der Waals surface area contributed by atoms with Crippen molar-refractivity contribution in [3.63, 3.8) is 0 Å². The zero-order valence-electron chi connectivity index (χ0n) is 14.3. The van der Waals surface area contributed by atoms with E-state index in [-0.39, 0.29) is 11.7 Å². The lowest BCUT2D eigenvalue weighted by atomic mass is 10.0. The minimum absolute atomic E-state index is 0.213. The van der Waals surface area contributed by atoms with Gasteiger partial charge in [-0.05, 0) is 44.5 Å². The fraction of sp³-hybridized carbons (Fsp3) is 0.471. The third-order valence-corrected chi connectivity index (χ3v) is 3.65. The second-order valence-electron chi connectivity index (χ2n) is 5.82. The summed E-state index contributed by atoms with van der Waals surface area (Å²) in [6.07, 6.45) is 0.873. The van der Waals surface area contributed by atoms with Gasteiger partial charge in [0.25, 0.3) is 5.91 Å². The number of nitrogens with zero attached hydrogens (tertiary/aromatic N) is 3. The molecule has 1 amide bonds. The third-order valence-electron chi connectivity index (χ3n) is 3.65. The number of amides is 1. The highest BCUT2D eigenvalue weighted by atomic mass is 16.2. The number of aryl methyl sites for hydroxylation is 1. The first-order valence-corrected chi connectivity index (χ1v) is 8.00. The molecule has 124 valence electrons. The van der Waals surface area contributed by atoms with Gasteiger partial charge in [0.1, 0.15) is 5.82 Å². The van der Waals surface area contributed by atoms with Crippen molar-refractivity contribution >= 4 is 5.91 Å². The number of nitrogens with one attached hydrogen (secondary N) is 2. The van der Waals surface area contributed by atoms with E-state index in [0.717, 1.165) is 18.7 Å². The summed E-state index contributed by atoms with van der Waals surface area (Å²) in [6, 6.07) is 8.07. The second kappa shape index (κ2) is 7.87. The van der Waals surface area contributed by atoms with Gasteiger partial charge in [-0.2, -0.15) is 0 Å². The predicted molar refractivity (Wildman–Crippen MR) is 91.1 cm³/mol. The van der Waals surface area contributed by atoms with E-state index in [1.807, 2.05) is 32.2 Å². The molecule has 0 aliphatic carbocycles. The number of benzene rings is 1. The molecule has 1 heterocycles. The molecule has 23 heavy (non-hydrogen) atoms. The molecular formula is C17H25N5O. The zero-order valence-corrected chi connectivity index (χ0v) is 14.3. The molecule has 0 aliphatic rings. The Morgan fingerprint density at radius 3 is 2.70 bits per heavy atom. The minimum Gasteiger partial charge on any atom is -0.349 e. The van der Waals surface area contributed by atoms with Gasteiger partial charge in [0.15, 0.2) is 0 Å². The van der Waals surface area contributed by atoms with Crippen LogP contribution >= 0.6 is 0 Å². The summed E-state index contributed by atoms with van der Waals surface area (Å²) in [7, 11) is 1.89. The smallest absolute Gasteiger partial charge is 0.290 e. The van der Waals surface area contributed by atoms with E-state index >= 15 is 0 Å². The summed E-state index contributed by atoms with van der Waals surface area (Å²) in [6.45, 7) is 7.61. The highest BCUT2D eigenvalue weighted by molar-refractivity contribution is 5.90. The predicted octanol–water partition coefficient (Wildman–Crippen LogP) is 2.04. The Bertz CT molecular complexity index is 663. The number of hydrogen-bond acceptors (Lipinski definition) is 4. The van der Waals surface area contributed by atoms with Gasteiger partial charge in [-0.15, -0.1) is 5.10 Å². The lowest BCUT2D eigenvalue weighted by Gasteiger charge is -2.12. The molecule has 2 N–H and O–H groups in total. The van der Waals surface area contributed by atoms with Crippen LogP contribution in [0, 0.1) is 6.92 Å². The quantitative estimate of drug-likeness (QED) is 0.767. The summed E-state index contributed by atoms with van der Waals surface area (Å²) >= 11 is 0. The minimum atomic E-state index is -0.231. The van der Waals surface area contributed by atoms with E-state index in [1.165, 1.54) is 5.56 Å². The largest absolute Gasteiger partial charge is 0.349 e. The van der Waals surface area contributed by atoms with E-state index in [1.54, 1.807) is 4.68 Å². The van der Waals surface area contributed by atoms with Crippen molar-refractivity contribution in [2.75, 3.05) is 20.1 Å². The van der Waals surface area contributed by atoms with Crippen LogP contribution in [0.4, 0.5) is 0 Å². The molecule has 6 nitrogen and oxygen atoms in total. The van der Waals surface area contributed by atoms with Crippen LogP contribution in [-0.2, 0) is 0 Å². The van der Waals surface area contributed by atoms with Gasteiger partial charge in [0.2, 0.25) is 5.82 Å². The molecule has 0 spiro atoms. The molecule has 2 aromatic rings. The average Bonchev–Trinajstić information content (AvgIpc) is 2.93. The van der Waals surface area contributed by atoms with Crippen LogP contribution in [-0.4, -0.2) is 40.8 Å². The van der Waals surface area contributed by atoms with Crippen molar-refractivity contribution in [2.45, 2.75) is 33.1 Å². The number of carbonyl (C=O) groups is 1. The molecule has 0 atom stereocenters. The highest BCUT2D eigenvalue weighted by Gasteiger charge is 2.17. The number of carbonyl (C=O) groups excluding carboxylic acids is 1. The first-order chi connectivity index (χ1) is 11.0. The van der Waals surface area contributed by atoms with Crippen LogP contribution in [0.2, 0.25) is 0 Å². The number of rotatable bonds is 7. The summed E-state index contributed by atoms with van der Waals surface area (Å²) in [5.74, 6) is 1.06. The lowest BCUT2D eigenvalue weighted by molar-refractivity contribution is 0.0943. The maximum atomic E-state index is 12.2. The standard InChI is InChI=1S/C17H25N5O/c1-12(2)14-8-5-6-9-15(14)22-13(3)20-16(21-22)17(23)19-11-7-10-18-4/h5-6,8-9,12,18H,7,10-11H2,1-4H3,(H,19,23). The van der Waals surface area contributed by atoms with Crippen molar-refractivity contribution < 1.29 is 4.79 Å². The highest BCUT2D eigenvalue weighted by Crippen LogP contribution is 2.23. The van der Waals surface area contributed by atoms with Gasteiger partial charge >= 0.3 is 0 Å². The van der Waals surface area contributed by atoms with E-state index in [4.69, 9.17) is 0 Å². The van der Waals surface area contributed by atoms with Crippen LogP contribution in [0.15, 0.2) is 24.3 Å². The second-order valence-corrected chi connectivity index (χ2v) is 5.82. The van der Waals surface area contributed by atoms with E-state index in [0.29, 0.717) is 18.3 Å². The molecular weight excluding hydrogens is 290 g/mol. The number of hydrogen-bond donors (Lipinski definition) is 2. The van der Waals surface area contributed by atoms with Gasteiger partial charge in [-0.3, -0.25) is 4.79 Å². The zero-order chi connectivity index (χ0) is 16.8. The Morgan fingerprint density at radius 1 is 1.26 bits per heavy atom. The molecule has 0 fully saturated rings. The Labute approximate surface area is 137 Å². The third kappa shape index (κ3) is 4.16. The fourth-order valence-electron chi connectivity index (χ4n) is 2.43. The molecule has 1 aromatic heterocycles. The molecule has 0 aliphatic heterocycles. The first-order valence-electron chi connectivity index (χ1n) is 8.00. The lowest BCUT2D eigenvalue weighted by Crippen LogP contribution is -2.27. The average molecular weight is 315 g/mol. The number of para-hydroxylation sites is 1. The van der Waals surface area contributed by atoms with Gasteiger partial charge in [0.05, 0.1) is 5.69 Å². The van der Waals surface area contributed by atoms with Gasteiger partial charge in [-0.1, -0.05) is 32.0 Å². The summed E-state index contributed by atoms with van der Waals surface area (Å²) < 4.78 is 1.75. The van der Waals surface area contributed by atoms with Crippen LogP contribution in [0.3, 0.4) is 0 Å². The monoisotopic (exact) mass is 315 g/mol. The van der Waals surface area contributed by atoms with Gasteiger partial charge < -0.3 is 10.6 Å². The van der Waals surface area contributed by atoms with Crippen molar-refractivity contribution in [3.05, 3.63) is 41.5 Å². The maximum Gasteiger partial charge on any atom is 0.290 e. The Morgan fingerprint density at radius 2 is 2.00 bits per heavy atom. The van der Waals surface area contributed by atoms with Crippen molar-refractivity contribution in [1.29, 1.82) is 0 Å². The molecule has 0 unspecified atom stereocenters. The van der Waals surface area contributed by atoms with Crippen molar-refractivity contribution in [2.24, 2.45) is 0 Å². The summed E-state index contributed by atoms with van der Waals surface area (Å²) in [5.41, 5.74) is 2.16.